The smallest absolute Gasteiger partial charge is 0.166 e. The topological polar surface area (TPSA) is 60.0 Å². The van der Waals surface area contributed by atoms with Gasteiger partial charge in [0.25, 0.3) is 0 Å². The zero-order valence-electron chi connectivity index (χ0n) is 19.3. The normalized spacial score (nSPS) is 16.6. The number of allylic oxidation sites excluding steroid dienone is 2. The first kappa shape index (κ1) is 23.5. The number of hydrogen-bond donors (Lipinski definition) is 0. The summed E-state index contributed by atoms with van der Waals surface area (Å²) >= 11 is 6.28. The molecule has 1 aliphatic heterocycles. The number of likely N-dealkylation sites (N-methyl/N-ethyl adjacent to an activating group) is 1. The monoisotopic (exact) mass is 481 g/mol. The van der Waals surface area contributed by atoms with Crippen LogP contribution in [0.5, 0.6) is 5.75 Å². The van der Waals surface area contributed by atoms with Crippen molar-refractivity contribution in [3.63, 3.8) is 0 Å². The molecule has 0 spiro atoms. The predicted octanol–water partition coefficient (Wildman–Crippen LogP) is 6.48. The van der Waals surface area contributed by atoms with Crippen LogP contribution >= 0.6 is 6.26 Å². The maximum atomic E-state index is 9.00. The average molecular weight is 482 g/mol. The van der Waals surface area contributed by atoms with Gasteiger partial charge >= 0.3 is 0 Å². The van der Waals surface area contributed by atoms with Gasteiger partial charge in [-0.15, -0.1) is 0 Å². The predicted molar refractivity (Wildman–Crippen MR) is 143 cm³/mol. The zero-order chi connectivity index (χ0) is 24.3. The van der Waals surface area contributed by atoms with Crippen LogP contribution in [0.2, 0.25) is 0 Å². The van der Waals surface area contributed by atoms with Gasteiger partial charge in [-0.25, -0.2) is 0 Å². The number of nitrogens with zero attached hydrogens (tertiary/aromatic N) is 3. The van der Waals surface area contributed by atoms with Gasteiger partial charge in [0.1, 0.15) is 23.5 Å². The minimum atomic E-state index is -2.63. The Morgan fingerprint density at radius 1 is 0.941 bits per heavy atom. The highest BCUT2D eigenvalue weighted by atomic mass is 32.4. The van der Waals surface area contributed by atoms with Crippen molar-refractivity contribution < 1.29 is 4.52 Å². The highest BCUT2D eigenvalue weighted by Crippen LogP contribution is 2.55. The van der Waals surface area contributed by atoms with Gasteiger partial charge in [0.05, 0.1) is 0 Å². The van der Waals surface area contributed by atoms with Crippen molar-refractivity contribution in [2.45, 2.75) is 19.3 Å². The zero-order valence-corrected chi connectivity index (χ0v) is 21.0. The summed E-state index contributed by atoms with van der Waals surface area (Å²) in [6.45, 7) is 4.43. The molecule has 3 aromatic carbocycles. The quantitative estimate of drug-likeness (QED) is 0.308. The van der Waals surface area contributed by atoms with E-state index in [1.54, 1.807) is 6.08 Å². The molecule has 0 aliphatic carbocycles. The third-order valence-corrected chi connectivity index (χ3v) is 9.28. The van der Waals surface area contributed by atoms with Gasteiger partial charge in [-0.2, -0.15) is 10.5 Å². The van der Waals surface area contributed by atoms with E-state index in [0.29, 0.717) is 5.75 Å². The fourth-order valence-electron chi connectivity index (χ4n) is 4.22. The maximum absolute atomic E-state index is 9.00. The standard InChI is InChI=1S/C28H24N3OPS/c1-28(2)25-11-7-8-12-26(25)31(3)27(28)20-33(34,24-9-5-4-6-10-24)32-23-15-13-21(14-16-23)17-22(18-29)19-30/h4-17,20H,1-3H3/b27-20-. The fourth-order valence-corrected chi connectivity index (χ4v) is 7.29. The summed E-state index contributed by atoms with van der Waals surface area (Å²) in [5.74, 6) is 2.79. The van der Waals surface area contributed by atoms with Crippen LogP contribution in [0.4, 0.5) is 5.69 Å². The van der Waals surface area contributed by atoms with Crippen LogP contribution in [-0.4, -0.2) is 7.05 Å². The van der Waals surface area contributed by atoms with Crippen molar-refractivity contribution in [1.82, 2.24) is 0 Å². The first-order valence-electron chi connectivity index (χ1n) is 10.8. The second-order valence-electron chi connectivity index (χ2n) is 8.59. The Bertz CT molecular complexity index is 1390. The maximum Gasteiger partial charge on any atom is 0.166 e. The highest BCUT2D eigenvalue weighted by molar-refractivity contribution is 8.17. The molecule has 0 aromatic heterocycles. The SMILES string of the molecule is CN1/C(=C\P(=S)(Oc2ccc(C=C(C#N)C#N)cc2)c2ccccc2)C(C)(C)c2ccccc21. The van der Waals surface area contributed by atoms with E-state index in [1.165, 1.54) is 11.3 Å². The lowest BCUT2D eigenvalue weighted by Gasteiger charge is -2.28. The number of rotatable bonds is 5. The summed E-state index contributed by atoms with van der Waals surface area (Å²) in [7, 11) is 2.08. The van der Waals surface area contributed by atoms with Crippen molar-refractivity contribution >= 4 is 35.1 Å². The van der Waals surface area contributed by atoms with E-state index < -0.39 is 6.26 Å². The van der Waals surface area contributed by atoms with E-state index in [-0.39, 0.29) is 11.0 Å². The summed E-state index contributed by atoms with van der Waals surface area (Å²) in [6, 6.07) is 29.5. The Kier molecular flexibility index (Phi) is 6.45. The third kappa shape index (κ3) is 4.42. The van der Waals surface area contributed by atoms with Crippen LogP contribution in [-0.2, 0) is 17.2 Å². The van der Waals surface area contributed by atoms with Crippen molar-refractivity contribution in [1.29, 1.82) is 10.5 Å². The number of fused-ring (bicyclic) bond motifs is 1. The molecule has 4 nitrogen and oxygen atoms in total. The van der Waals surface area contributed by atoms with Crippen molar-refractivity contribution in [2.24, 2.45) is 0 Å². The summed E-state index contributed by atoms with van der Waals surface area (Å²) in [5.41, 5.74) is 4.15. The summed E-state index contributed by atoms with van der Waals surface area (Å²) in [6.07, 6.45) is -1.09. The molecule has 34 heavy (non-hydrogen) atoms. The molecular formula is C28H24N3OPS. The fraction of sp³-hybridized carbons (Fsp3) is 0.143. The third-order valence-electron chi connectivity index (χ3n) is 6.02. The van der Waals surface area contributed by atoms with E-state index in [0.717, 1.165) is 16.6 Å². The molecule has 3 aromatic rings. The van der Waals surface area contributed by atoms with E-state index in [9.17, 15) is 0 Å². The molecule has 4 rings (SSSR count). The summed E-state index contributed by atoms with van der Waals surface area (Å²) < 4.78 is 6.58. The van der Waals surface area contributed by atoms with Crippen LogP contribution < -0.4 is 14.7 Å². The largest absolute Gasteiger partial charge is 0.458 e. The van der Waals surface area contributed by atoms with Gasteiger partial charge in [0.15, 0.2) is 6.26 Å². The first-order chi connectivity index (χ1) is 16.3. The minimum absolute atomic E-state index is 0.0545. The van der Waals surface area contributed by atoms with Crippen LogP contribution in [0.3, 0.4) is 0 Å². The molecule has 0 saturated heterocycles. The van der Waals surface area contributed by atoms with Gasteiger partial charge in [-0.3, -0.25) is 0 Å². The van der Waals surface area contributed by atoms with Crippen molar-refractivity contribution in [3.05, 3.63) is 107 Å². The molecular weight excluding hydrogens is 457 g/mol. The summed E-state index contributed by atoms with van der Waals surface area (Å²) in [5, 5.41) is 19.0. The molecule has 6 heteroatoms. The van der Waals surface area contributed by atoms with Gasteiger partial charge in [0.2, 0.25) is 0 Å². The number of hydrogen-bond acceptors (Lipinski definition) is 5. The molecule has 1 aliphatic rings. The molecule has 1 heterocycles. The number of nitriles is 2. The van der Waals surface area contributed by atoms with Gasteiger partial charge in [0, 0.05) is 35.0 Å². The molecule has 0 radical (unpaired) electrons. The Morgan fingerprint density at radius 3 is 2.18 bits per heavy atom. The number of benzene rings is 3. The second kappa shape index (κ2) is 9.32. The van der Waals surface area contributed by atoms with Crippen LogP contribution in [0.15, 0.2) is 96.0 Å². The first-order valence-corrected chi connectivity index (χ1v) is 13.6. The van der Waals surface area contributed by atoms with Gasteiger partial charge < -0.3 is 9.42 Å². The van der Waals surface area contributed by atoms with Crippen LogP contribution in [0, 0.1) is 22.7 Å². The second-order valence-corrected chi connectivity index (χ2v) is 12.4. The lowest BCUT2D eigenvalue weighted by atomic mass is 9.84. The Labute approximate surface area is 206 Å². The van der Waals surface area contributed by atoms with Crippen LogP contribution in [0.25, 0.3) is 6.08 Å². The van der Waals surface area contributed by atoms with E-state index >= 15 is 0 Å². The van der Waals surface area contributed by atoms with E-state index in [2.05, 4.69) is 55.9 Å². The van der Waals surface area contributed by atoms with Crippen molar-refractivity contribution in [3.8, 4) is 17.9 Å². The highest BCUT2D eigenvalue weighted by Gasteiger charge is 2.40. The Morgan fingerprint density at radius 2 is 1.56 bits per heavy atom. The molecule has 0 fully saturated rings. The lowest BCUT2D eigenvalue weighted by molar-refractivity contribution is 0.619. The van der Waals surface area contributed by atoms with E-state index in [4.69, 9.17) is 26.9 Å². The molecule has 0 N–H and O–H groups in total. The van der Waals surface area contributed by atoms with Crippen molar-refractivity contribution in [2.75, 3.05) is 11.9 Å². The average Bonchev–Trinajstić information content (AvgIpc) is 3.05. The molecule has 0 amide bonds. The number of anilines is 1. The Hall–Kier alpha value is -3.63. The molecule has 0 saturated carbocycles. The van der Waals surface area contributed by atoms with Gasteiger partial charge in [-0.05, 0) is 47.2 Å². The van der Waals surface area contributed by atoms with E-state index in [1.807, 2.05) is 66.7 Å². The molecule has 1 unspecified atom stereocenters. The lowest BCUT2D eigenvalue weighted by Crippen LogP contribution is -2.24. The van der Waals surface area contributed by atoms with Gasteiger partial charge in [-0.1, -0.05) is 74.5 Å². The molecule has 1 atom stereocenters. The molecule has 168 valence electrons. The van der Waals surface area contributed by atoms with Crippen LogP contribution in [0.1, 0.15) is 25.0 Å². The Balaban J connectivity index is 1.77. The minimum Gasteiger partial charge on any atom is -0.458 e. The molecule has 0 bridgehead atoms. The number of para-hydroxylation sites is 1. The summed E-state index contributed by atoms with van der Waals surface area (Å²) in [4.78, 5) is 2.21.